The molecule has 2 aromatic carbocycles. The highest BCUT2D eigenvalue weighted by atomic mass is 35.5. The van der Waals surface area contributed by atoms with Gasteiger partial charge in [0.2, 0.25) is 23.6 Å². The van der Waals surface area contributed by atoms with Crippen LogP contribution in [0.3, 0.4) is 0 Å². The van der Waals surface area contributed by atoms with E-state index in [4.69, 9.17) is 16.0 Å². The van der Waals surface area contributed by atoms with Gasteiger partial charge in [-0.1, -0.05) is 48.4 Å². The average Bonchev–Trinajstić information content (AvgIpc) is 3.40. The third kappa shape index (κ3) is 4.67. The number of carbonyl (C=O) groups is 2. The third-order valence-corrected chi connectivity index (χ3v) is 5.85. The SMILES string of the molecule is CCCN(Cc1nnc(-c2ccccc2Cl)o1)C(=O)C1CC(=O)N(c2ccc(C)cc2)C1. The van der Waals surface area contributed by atoms with E-state index in [-0.39, 0.29) is 24.8 Å². The molecule has 0 aliphatic carbocycles. The Bertz CT molecular complexity index is 1110. The lowest BCUT2D eigenvalue weighted by molar-refractivity contribution is -0.136. The van der Waals surface area contributed by atoms with Gasteiger partial charge in [0, 0.05) is 25.2 Å². The average molecular weight is 453 g/mol. The number of aromatic nitrogens is 2. The minimum Gasteiger partial charge on any atom is -0.419 e. The highest BCUT2D eigenvalue weighted by Crippen LogP contribution is 2.29. The van der Waals surface area contributed by atoms with E-state index in [9.17, 15) is 9.59 Å². The van der Waals surface area contributed by atoms with Gasteiger partial charge in [-0.2, -0.15) is 0 Å². The van der Waals surface area contributed by atoms with Gasteiger partial charge in [-0.05, 0) is 37.6 Å². The monoisotopic (exact) mass is 452 g/mol. The minimum atomic E-state index is -0.402. The van der Waals surface area contributed by atoms with Crippen LogP contribution in [-0.4, -0.2) is 40.0 Å². The fraction of sp³-hybridized carbons (Fsp3) is 0.333. The van der Waals surface area contributed by atoms with Crippen molar-refractivity contribution in [1.29, 1.82) is 0 Å². The third-order valence-electron chi connectivity index (χ3n) is 5.52. The number of amides is 2. The van der Waals surface area contributed by atoms with Crippen LogP contribution in [0.1, 0.15) is 31.2 Å². The molecule has 0 saturated carbocycles. The van der Waals surface area contributed by atoms with Crippen LogP contribution >= 0.6 is 11.6 Å². The molecule has 0 N–H and O–H groups in total. The lowest BCUT2D eigenvalue weighted by Gasteiger charge is -2.24. The largest absolute Gasteiger partial charge is 0.419 e. The van der Waals surface area contributed by atoms with Crippen LogP contribution in [0.2, 0.25) is 5.02 Å². The maximum atomic E-state index is 13.3. The summed E-state index contributed by atoms with van der Waals surface area (Å²) in [6.07, 6.45) is 0.973. The zero-order valence-corrected chi connectivity index (χ0v) is 18.9. The van der Waals surface area contributed by atoms with Crippen molar-refractivity contribution in [3.63, 3.8) is 0 Å². The van der Waals surface area contributed by atoms with Gasteiger partial charge in [-0.3, -0.25) is 9.59 Å². The number of halogens is 1. The Morgan fingerprint density at radius 3 is 2.66 bits per heavy atom. The zero-order valence-electron chi connectivity index (χ0n) is 18.1. The van der Waals surface area contributed by atoms with Gasteiger partial charge in [0.15, 0.2) is 0 Å². The highest BCUT2D eigenvalue weighted by molar-refractivity contribution is 6.33. The maximum Gasteiger partial charge on any atom is 0.249 e. The number of aryl methyl sites for hydroxylation is 1. The van der Waals surface area contributed by atoms with E-state index in [2.05, 4.69) is 10.2 Å². The normalized spacial score (nSPS) is 15.9. The highest BCUT2D eigenvalue weighted by Gasteiger charge is 2.37. The molecule has 1 fully saturated rings. The number of carbonyl (C=O) groups excluding carboxylic acids is 2. The molecule has 1 atom stereocenters. The van der Waals surface area contributed by atoms with Gasteiger partial charge in [0.05, 0.1) is 23.0 Å². The molecule has 8 heteroatoms. The van der Waals surface area contributed by atoms with E-state index in [0.717, 1.165) is 17.7 Å². The van der Waals surface area contributed by atoms with Gasteiger partial charge < -0.3 is 14.2 Å². The lowest BCUT2D eigenvalue weighted by Crippen LogP contribution is -2.37. The smallest absolute Gasteiger partial charge is 0.249 e. The van der Waals surface area contributed by atoms with Gasteiger partial charge in [0.25, 0.3) is 0 Å². The van der Waals surface area contributed by atoms with Crippen molar-refractivity contribution in [2.45, 2.75) is 33.2 Å². The van der Waals surface area contributed by atoms with Gasteiger partial charge >= 0.3 is 0 Å². The van der Waals surface area contributed by atoms with Crippen LogP contribution < -0.4 is 4.90 Å². The Labute approximate surface area is 192 Å². The first-order valence-electron chi connectivity index (χ1n) is 10.7. The molecular weight excluding hydrogens is 428 g/mol. The Balaban J connectivity index is 1.47. The molecule has 3 aromatic rings. The van der Waals surface area contributed by atoms with Crippen molar-refractivity contribution >= 4 is 29.1 Å². The van der Waals surface area contributed by atoms with E-state index in [1.54, 1.807) is 21.9 Å². The van der Waals surface area contributed by atoms with E-state index < -0.39 is 5.92 Å². The maximum absolute atomic E-state index is 13.3. The lowest BCUT2D eigenvalue weighted by atomic mass is 10.1. The fourth-order valence-electron chi connectivity index (χ4n) is 3.87. The van der Waals surface area contributed by atoms with Crippen molar-refractivity contribution < 1.29 is 14.0 Å². The van der Waals surface area contributed by atoms with Gasteiger partial charge in [-0.15, -0.1) is 10.2 Å². The molecule has 1 aromatic heterocycles. The number of benzene rings is 2. The first kappa shape index (κ1) is 22.0. The minimum absolute atomic E-state index is 0.0394. The quantitative estimate of drug-likeness (QED) is 0.527. The van der Waals surface area contributed by atoms with Crippen LogP contribution in [0, 0.1) is 12.8 Å². The molecule has 1 unspecified atom stereocenters. The predicted octanol–water partition coefficient (Wildman–Crippen LogP) is 4.49. The van der Waals surface area contributed by atoms with Gasteiger partial charge in [-0.25, -0.2) is 0 Å². The summed E-state index contributed by atoms with van der Waals surface area (Å²) in [5.41, 5.74) is 2.59. The van der Waals surface area contributed by atoms with Crippen molar-refractivity contribution in [3.8, 4) is 11.5 Å². The van der Waals surface area contributed by atoms with Crippen LogP contribution in [0.4, 0.5) is 5.69 Å². The van der Waals surface area contributed by atoms with E-state index >= 15 is 0 Å². The summed E-state index contributed by atoms with van der Waals surface area (Å²) < 4.78 is 5.79. The second-order valence-electron chi connectivity index (χ2n) is 7.98. The van der Waals surface area contributed by atoms with Crippen LogP contribution in [-0.2, 0) is 16.1 Å². The number of hydrogen-bond donors (Lipinski definition) is 0. The standard InChI is InChI=1S/C24H25ClN4O3/c1-3-12-28(15-21-26-27-23(32-21)19-6-4-5-7-20(19)25)24(31)17-13-22(30)29(14-17)18-10-8-16(2)9-11-18/h4-11,17H,3,12-15H2,1-2H3. The number of hydrogen-bond acceptors (Lipinski definition) is 5. The zero-order chi connectivity index (χ0) is 22.7. The summed E-state index contributed by atoms with van der Waals surface area (Å²) in [6, 6.07) is 15.0. The van der Waals surface area contributed by atoms with Crippen LogP contribution in [0.15, 0.2) is 52.9 Å². The summed E-state index contributed by atoms with van der Waals surface area (Å²) in [5.74, 6) is 0.133. The van der Waals surface area contributed by atoms with Crippen molar-refractivity contribution in [1.82, 2.24) is 15.1 Å². The van der Waals surface area contributed by atoms with E-state index in [0.29, 0.717) is 35.5 Å². The Morgan fingerprint density at radius 2 is 1.94 bits per heavy atom. The number of nitrogens with zero attached hydrogens (tertiary/aromatic N) is 4. The first-order valence-corrected chi connectivity index (χ1v) is 11.1. The summed E-state index contributed by atoms with van der Waals surface area (Å²) in [6.45, 7) is 5.10. The fourth-order valence-corrected chi connectivity index (χ4v) is 4.08. The van der Waals surface area contributed by atoms with E-state index in [1.165, 1.54) is 0 Å². The predicted molar refractivity (Wildman–Crippen MR) is 122 cm³/mol. The molecule has 1 aliphatic rings. The van der Waals surface area contributed by atoms with E-state index in [1.807, 2.05) is 50.2 Å². The number of rotatable bonds is 7. The molecule has 32 heavy (non-hydrogen) atoms. The second kappa shape index (κ2) is 9.53. The van der Waals surface area contributed by atoms with Crippen molar-refractivity contribution in [2.24, 2.45) is 5.92 Å². The first-order chi connectivity index (χ1) is 15.5. The molecule has 1 saturated heterocycles. The molecule has 0 bridgehead atoms. The Kier molecular flexibility index (Phi) is 6.55. The summed E-state index contributed by atoms with van der Waals surface area (Å²) in [4.78, 5) is 29.3. The molecule has 4 rings (SSSR count). The molecule has 2 heterocycles. The topological polar surface area (TPSA) is 79.5 Å². The molecule has 0 radical (unpaired) electrons. The molecular formula is C24H25ClN4O3. The second-order valence-corrected chi connectivity index (χ2v) is 8.39. The Morgan fingerprint density at radius 1 is 1.19 bits per heavy atom. The molecule has 1 aliphatic heterocycles. The summed E-state index contributed by atoms with van der Waals surface area (Å²) in [5, 5.41) is 8.71. The molecule has 2 amide bonds. The molecule has 7 nitrogen and oxygen atoms in total. The Hall–Kier alpha value is -3.19. The van der Waals surface area contributed by atoms with Gasteiger partial charge in [0.1, 0.15) is 0 Å². The number of anilines is 1. The van der Waals surface area contributed by atoms with Crippen LogP contribution in [0.5, 0.6) is 0 Å². The molecule has 0 spiro atoms. The van der Waals surface area contributed by atoms with Crippen molar-refractivity contribution in [3.05, 3.63) is 65.0 Å². The molecule has 166 valence electrons. The summed E-state index contributed by atoms with van der Waals surface area (Å²) >= 11 is 6.22. The van der Waals surface area contributed by atoms with Crippen LogP contribution in [0.25, 0.3) is 11.5 Å². The van der Waals surface area contributed by atoms with Crippen molar-refractivity contribution in [2.75, 3.05) is 18.0 Å². The summed E-state index contributed by atoms with van der Waals surface area (Å²) in [7, 11) is 0.